The lowest BCUT2D eigenvalue weighted by Crippen LogP contribution is -2.17. The third-order valence-corrected chi connectivity index (χ3v) is 2.96. The maximum absolute atomic E-state index is 4.18. The van der Waals surface area contributed by atoms with Crippen LogP contribution in [0.4, 0.5) is 0 Å². The molecule has 1 N–H and O–H groups in total. The summed E-state index contributed by atoms with van der Waals surface area (Å²) in [5, 5.41) is 7.59. The number of benzene rings is 1. The average Bonchev–Trinajstić information content (AvgIpc) is 2.76. The van der Waals surface area contributed by atoms with Crippen molar-refractivity contribution in [1.82, 2.24) is 15.1 Å². The number of aromatic nitrogens is 2. The lowest BCUT2D eigenvalue weighted by atomic mass is 10.0. The van der Waals surface area contributed by atoms with E-state index in [0.29, 0.717) is 6.04 Å². The molecule has 0 bridgehead atoms. The van der Waals surface area contributed by atoms with Crippen molar-refractivity contribution < 1.29 is 0 Å². The molecule has 1 heterocycles. The van der Waals surface area contributed by atoms with Gasteiger partial charge in [0.2, 0.25) is 0 Å². The zero-order valence-corrected chi connectivity index (χ0v) is 10.6. The van der Waals surface area contributed by atoms with Crippen molar-refractivity contribution in [2.24, 2.45) is 7.05 Å². The standard InChI is InChI=1S/C14H19N3/c1-4-15-11(2)12-5-7-13(8-6-12)14-9-16-17(3)10-14/h5-11,15H,4H2,1-3H3. The van der Waals surface area contributed by atoms with Crippen LogP contribution in [0.15, 0.2) is 36.7 Å². The Morgan fingerprint density at radius 3 is 2.47 bits per heavy atom. The van der Waals surface area contributed by atoms with E-state index in [0.717, 1.165) is 12.1 Å². The van der Waals surface area contributed by atoms with E-state index in [1.54, 1.807) is 0 Å². The summed E-state index contributed by atoms with van der Waals surface area (Å²) < 4.78 is 1.82. The fourth-order valence-corrected chi connectivity index (χ4v) is 1.96. The Kier molecular flexibility index (Phi) is 3.59. The molecule has 3 nitrogen and oxygen atoms in total. The fourth-order valence-electron chi connectivity index (χ4n) is 1.96. The number of hydrogen-bond donors (Lipinski definition) is 1. The van der Waals surface area contributed by atoms with Gasteiger partial charge in [0.05, 0.1) is 6.20 Å². The predicted octanol–water partition coefficient (Wildman–Crippen LogP) is 2.76. The van der Waals surface area contributed by atoms with E-state index in [-0.39, 0.29) is 0 Å². The van der Waals surface area contributed by atoms with Gasteiger partial charge in [-0.05, 0) is 24.6 Å². The van der Waals surface area contributed by atoms with Crippen LogP contribution >= 0.6 is 0 Å². The summed E-state index contributed by atoms with van der Waals surface area (Å²) in [4.78, 5) is 0. The first kappa shape index (κ1) is 11.9. The van der Waals surface area contributed by atoms with Crippen LogP contribution in [-0.4, -0.2) is 16.3 Å². The highest BCUT2D eigenvalue weighted by Crippen LogP contribution is 2.21. The highest BCUT2D eigenvalue weighted by molar-refractivity contribution is 5.61. The summed E-state index contributed by atoms with van der Waals surface area (Å²) in [5.74, 6) is 0. The highest BCUT2D eigenvalue weighted by Gasteiger charge is 2.04. The molecule has 0 saturated heterocycles. The molecule has 2 aromatic rings. The first-order valence-electron chi connectivity index (χ1n) is 6.03. The van der Waals surface area contributed by atoms with Crippen LogP contribution in [0.25, 0.3) is 11.1 Å². The van der Waals surface area contributed by atoms with Gasteiger partial charge in [0, 0.05) is 24.8 Å². The molecule has 1 aromatic carbocycles. The van der Waals surface area contributed by atoms with Gasteiger partial charge in [-0.3, -0.25) is 4.68 Å². The molecule has 1 atom stereocenters. The Morgan fingerprint density at radius 1 is 1.24 bits per heavy atom. The molecule has 0 aliphatic rings. The van der Waals surface area contributed by atoms with Gasteiger partial charge < -0.3 is 5.32 Å². The molecule has 0 aliphatic heterocycles. The van der Waals surface area contributed by atoms with E-state index in [9.17, 15) is 0 Å². The lowest BCUT2D eigenvalue weighted by Gasteiger charge is -2.12. The summed E-state index contributed by atoms with van der Waals surface area (Å²) in [6.45, 7) is 5.30. The van der Waals surface area contributed by atoms with Crippen molar-refractivity contribution in [3.63, 3.8) is 0 Å². The van der Waals surface area contributed by atoms with Crippen LogP contribution in [0.5, 0.6) is 0 Å². The van der Waals surface area contributed by atoms with Crippen LogP contribution in [0.1, 0.15) is 25.5 Å². The van der Waals surface area contributed by atoms with Crippen molar-refractivity contribution >= 4 is 0 Å². The molecule has 0 aliphatic carbocycles. The molecule has 17 heavy (non-hydrogen) atoms. The molecule has 0 saturated carbocycles. The van der Waals surface area contributed by atoms with Crippen LogP contribution in [0.3, 0.4) is 0 Å². The van der Waals surface area contributed by atoms with Gasteiger partial charge in [0.1, 0.15) is 0 Å². The second-order valence-corrected chi connectivity index (χ2v) is 4.30. The van der Waals surface area contributed by atoms with Crippen molar-refractivity contribution in [3.8, 4) is 11.1 Å². The predicted molar refractivity (Wildman–Crippen MR) is 70.7 cm³/mol. The smallest absolute Gasteiger partial charge is 0.0568 e. The van der Waals surface area contributed by atoms with E-state index >= 15 is 0 Å². The summed E-state index contributed by atoms with van der Waals surface area (Å²) >= 11 is 0. The Morgan fingerprint density at radius 2 is 1.94 bits per heavy atom. The number of rotatable bonds is 4. The number of nitrogens with one attached hydrogen (secondary N) is 1. The number of aryl methyl sites for hydroxylation is 1. The second kappa shape index (κ2) is 5.15. The zero-order valence-electron chi connectivity index (χ0n) is 10.6. The second-order valence-electron chi connectivity index (χ2n) is 4.30. The number of nitrogens with zero attached hydrogens (tertiary/aromatic N) is 2. The number of hydrogen-bond acceptors (Lipinski definition) is 2. The summed E-state index contributed by atoms with van der Waals surface area (Å²) in [7, 11) is 1.94. The van der Waals surface area contributed by atoms with Gasteiger partial charge in [0.25, 0.3) is 0 Å². The molecule has 1 aromatic heterocycles. The van der Waals surface area contributed by atoms with Gasteiger partial charge in [0.15, 0.2) is 0 Å². The van der Waals surface area contributed by atoms with Gasteiger partial charge >= 0.3 is 0 Å². The minimum absolute atomic E-state index is 0.406. The summed E-state index contributed by atoms with van der Waals surface area (Å²) in [6.07, 6.45) is 3.92. The molecule has 3 heteroatoms. The molecular weight excluding hydrogens is 210 g/mol. The Labute approximate surface area is 102 Å². The maximum atomic E-state index is 4.18. The normalized spacial score (nSPS) is 12.6. The van der Waals surface area contributed by atoms with E-state index in [2.05, 4.69) is 48.5 Å². The molecular formula is C14H19N3. The van der Waals surface area contributed by atoms with E-state index in [1.807, 2.05) is 24.1 Å². The molecule has 90 valence electrons. The zero-order chi connectivity index (χ0) is 12.3. The van der Waals surface area contributed by atoms with Gasteiger partial charge in [-0.2, -0.15) is 5.10 Å². The van der Waals surface area contributed by atoms with Crippen LogP contribution in [0, 0.1) is 0 Å². The summed E-state index contributed by atoms with van der Waals surface area (Å²) in [6, 6.07) is 9.06. The third kappa shape index (κ3) is 2.74. The first-order valence-corrected chi connectivity index (χ1v) is 6.03. The lowest BCUT2D eigenvalue weighted by molar-refractivity contribution is 0.598. The monoisotopic (exact) mass is 229 g/mol. The third-order valence-electron chi connectivity index (χ3n) is 2.96. The van der Waals surface area contributed by atoms with E-state index in [1.165, 1.54) is 11.1 Å². The van der Waals surface area contributed by atoms with Crippen LogP contribution < -0.4 is 5.32 Å². The Bertz CT molecular complexity index is 470. The Balaban J connectivity index is 2.18. The fraction of sp³-hybridized carbons (Fsp3) is 0.357. The molecule has 0 fully saturated rings. The molecule has 0 amide bonds. The maximum Gasteiger partial charge on any atom is 0.0568 e. The van der Waals surface area contributed by atoms with Gasteiger partial charge in [-0.15, -0.1) is 0 Å². The van der Waals surface area contributed by atoms with E-state index < -0.39 is 0 Å². The first-order chi connectivity index (χ1) is 8.20. The highest BCUT2D eigenvalue weighted by atomic mass is 15.2. The largest absolute Gasteiger partial charge is 0.310 e. The van der Waals surface area contributed by atoms with Crippen LogP contribution in [-0.2, 0) is 7.05 Å². The molecule has 0 radical (unpaired) electrons. The average molecular weight is 229 g/mol. The molecule has 1 unspecified atom stereocenters. The minimum Gasteiger partial charge on any atom is -0.310 e. The Hall–Kier alpha value is -1.61. The topological polar surface area (TPSA) is 29.9 Å². The SMILES string of the molecule is CCNC(C)c1ccc(-c2cnn(C)c2)cc1. The van der Waals surface area contributed by atoms with Gasteiger partial charge in [-0.25, -0.2) is 0 Å². The molecule has 0 spiro atoms. The van der Waals surface area contributed by atoms with E-state index in [4.69, 9.17) is 0 Å². The van der Waals surface area contributed by atoms with Crippen LogP contribution in [0.2, 0.25) is 0 Å². The van der Waals surface area contributed by atoms with Crippen molar-refractivity contribution in [1.29, 1.82) is 0 Å². The molecule has 2 rings (SSSR count). The van der Waals surface area contributed by atoms with Gasteiger partial charge in [-0.1, -0.05) is 31.2 Å². The minimum atomic E-state index is 0.406. The van der Waals surface area contributed by atoms with Crippen molar-refractivity contribution in [2.45, 2.75) is 19.9 Å². The van der Waals surface area contributed by atoms with Crippen molar-refractivity contribution in [2.75, 3.05) is 6.54 Å². The summed E-state index contributed by atoms with van der Waals surface area (Å²) in [5.41, 5.74) is 3.69. The quantitative estimate of drug-likeness (QED) is 0.873. The van der Waals surface area contributed by atoms with Crippen molar-refractivity contribution in [3.05, 3.63) is 42.2 Å².